The normalized spacial score (nSPS) is 24.5. The van der Waals surface area contributed by atoms with E-state index in [0.29, 0.717) is 19.5 Å². The molecule has 5 N–H and O–H groups in total. The maximum absolute atomic E-state index is 13.2. The fourth-order valence-corrected chi connectivity index (χ4v) is 3.70. The van der Waals surface area contributed by atoms with E-state index in [0.717, 1.165) is 31.2 Å². The van der Waals surface area contributed by atoms with Crippen molar-refractivity contribution in [3.05, 3.63) is 29.8 Å². The van der Waals surface area contributed by atoms with Crippen LogP contribution >= 0.6 is 0 Å². The van der Waals surface area contributed by atoms with Crippen molar-refractivity contribution in [2.45, 2.75) is 77.4 Å². The lowest BCUT2D eigenvalue weighted by Crippen LogP contribution is -2.56. The predicted octanol–water partition coefficient (Wildman–Crippen LogP) is 1.62. The van der Waals surface area contributed by atoms with Crippen LogP contribution in [0.3, 0.4) is 0 Å². The lowest BCUT2D eigenvalue weighted by molar-refractivity contribution is -0.132. The molecular weight excluding hydrogens is 408 g/mol. The summed E-state index contributed by atoms with van der Waals surface area (Å²) in [5, 5.41) is 21.4. The zero-order valence-corrected chi connectivity index (χ0v) is 19.4. The van der Waals surface area contributed by atoms with Gasteiger partial charge in [-0.25, -0.2) is 0 Å². The third-order valence-corrected chi connectivity index (χ3v) is 5.60. The number of phenols is 1. The van der Waals surface area contributed by atoms with E-state index in [-0.39, 0.29) is 29.9 Å². The van der Waals surface area contributed by atoms with Crippen LogP contribution in [0.4, 0.5) is 0 Å². The number of hydrogen-bond donors (Lipinski definition) is 5. The Kier molecular flexibility index (Phi) is 10.5. The first kappa shape index (κ1) is 25.6. The van der Waals surface area contributed by atoms with Crippen LogP contribution in [-0.2, 0) is 20.8 Å². The minimum atomic E-state index is -0.841. The van der Waals surface area contributed by atoms with Gasteiger partial charge in [0.15, 0.2) is 0 Å². The van der Waals surface area contributed by atoms with Crippen molar-refractivity contribution in [1.82, 2.24) is 21.3 Å². The molecule has 1 saturated heterocycles. The van der Waals surface area contributed by atoms with E-state index >= 15 is 0 Å². The molecule has 1 heterocycles. The highest BCUT2D eigenvalue weighted by Gasteiger charge is 2.28. The Morgan fingerprint density at radius 1 is 0.875 bits per heavy atom. The molecule has 32 heavy (non-hydrogen) atoms. The number of nitrogens with one attached hydrogen (secondary N) is 4. The third-order valence-electron chi connectivity index (χ3n) is 5.60. The molecule has 0 saturated carbocycles. The fraction of sp³-hybridized carbons (Fsp3) is 0.625. The maximum atomic E-state index is 13.2. The minimum absolute atomic E-state index is 0.131. The van der Waals surface area contributed by atoms with Crippen LogP contribution < -0.4 is 21.3 Å². The molecule has 3 amide bonds. The molecule has 2 rings (SSSR count). The highest BCUT2D eigenvalue weighted by molar-refractivity contribution is 5.93. The second kappa shape index (κ2) is 13.1. The maximum Gasteiger partial charge on any atom is 0.243 e. The van der Waals surface area contributed by atoms with Gasteiger partial charge in [0.2, 0.25) is 17.7 Å². The molecule has 8 nitrogen and oxygen atoms in total. The number of phenolic OH excluding ortho intramolecular Hbond substituents is 1. The second-order valence-corrected chi connectivity index (χ2v) is 9.00. The second-order valence-electron chi connectivity index (χ2n) is 9.00. The zero-order chi connectivity index (χ0) is 23.5. The van der Waals surface area contributed by atoms with Crippen molar-refractivity contribution in [1.29, 1.82) is 0 Å². The third kappa shape index (κ3) is 8.86. The van der Waals surface area contributed by atoms with Gasteiger partial charge in [-0.1, -0.05) is 38.8 Å². The summed E-state index contributed by atoms with van der Waals surface area (Å²) in [5.74, 6) is -0.506. The van der Waals surface area contributed by atoms with Gasteiger partial charge in [0, 0.05) is 13.0 Å². The molecule has 0 unspecified atom stereocenters. The number of carbonyl (C=O) groups is 3. The lowest BCUT2D eigenvalue weighted by Gasteiger charge is -2.25. The summed E-state index contributed by atoms with van der Waals surface area (Å²) >= 11 is 0. The van der Waals surface area contributed by atoms with E-state index in [2.05, 4.69) is 21.3 Å². The van der Waals surface area contributed by atoms with Gasteiger partial charge in [0.1, 0.15) is 17.8 Å². The van der Waals surface area contributed by atoms with Crippen LogP contribution in [0.15, 0.2) is 24.3 Å². The van der Waals surface area contributed by atoms with Crippen LogP contribution in [0.1, 0.15) is 58.4 Å². The number of benzene rings is 1. The number of hydrogen-bond acceptors (Lipinski definition) is 5. The van der Waals surface area contributed by atoms with Gasteiger partial charge in [-0.3, -0.25) is 14.4 Å². The Morgan fingerprint density at radius 3 is 2.16 bits per heavy atom. The predicted molar refractivity (Wildman–Crippen MR) is 124 cm³/mol. The Balaban J connectivity index is 2.22. The molecule has 0 aromatic heterocycles. The van der Waals surface area contributed by atoms with E-state index < -0.39 is 24.0 Å². The first-order chi connectivity index (χ1) is 15.3. The minimum Gasteiger partial charge on any atom is -0.508 e. The van der Waals surface area contributed by atoms with Crippen molar-refractivity contribution in [2.75, 3.05) is 13.1 Å². The van der Waals surface area contributed by atoms with E-state index in [4.69, 9.17) is 0 Å². The molecule has 1 fully saturated rings. The molecule has 8 heteroatoms. The van der Waals surface area contributed by atoms with Crippen LogP contribution in [-0.4, -0.2) is 54.0 Å². The average molecular weight is 447 g/mol. The molecule has 0 bridgehead atoms. The van der Waals surface area contributed by atoms with E-state index in [9.17, 15) is 19.5 Å². The average Bonchev–Trinajstić information content (AvgIpc) is 2.74. The van der Waals surface area contributed by atoms with Gasteiger partial charge >= 0.3 is 0 Å². The van der Waals surface area contributed by atoms with Crippen LogP contribution in [0.2, 0.25) is 0 Å². The molecule has 1 aliphatic heterocycles. The SMILES string of the molecule is CC(C)C[C@@H]1NC(=O)[C@@H](Cc2ccc(O)cc2)NC(=O)[C@@H](C)NCCCCCCNC1=O. The molecule has 1 aromatic carbocycles. The van der Waals surface area contributed by atoms with Crippen molar-refractivity contribution in [2.24, 2.45) is 5.92 Å². The Hall–Kier alpha value is -2.61. The van der Waals surface area contributed by atoms with Crippen LogP contribution in [0.25, 0.3) is 0 Å². The molecule has 0 aliphatic carbocycles. The number of rotatable bonds is 4. The number of carbonyl (C=O) groups excluding carboxylic acids is 3. The van der Waals surface area contributed by atoms with Gasteiger partial charge in [0.25, 0.3) is 0 Å². The van der Waals surface area contributed by atoms with E-state index in [1.807, 2.05) is 13.8 Å². The smallest absolute Gasteiger partial charge is 0.243 e. The summed E-state index contributed by atoms with van der Waals surface area (Å²) in [6.45, 7) is 7.08. The topological polar surface area (TPSA) is 120 Å². The lowest BCUT2D eigenvalue weighted by atomic mass is 10.0. The number of aromatic hydroxyl groups is 1. The summed E-state index contributed by atoms with van der Waals surface area (Å²) in [4.78, 5) is 38.7. The molecule has 1 aliphatic rings. The van der Waals surface area contributed by atoms with Gasteiger partial charge < -0.3 is 26.4 Å². The van der Waals surface area contributed by atoms with Gasteiger partial charge in [0.05, 0.1) is 6.04 Å². The van der Waals surface area contributed by atoms with E-state index in [1.54, 1.807) is 31.2 Å². The molecule has 3 atom stereocenters. The summed E-state index contributed by atoms with van der Waals surface area (Å²) < 4.78 is 0. The van der Waals surface area contributed by atoms with Crippen molar-refractivity contribution >= 4 is 17.7 Å². The summed E-state index contributed by atoms with van der Waals surface area (Å²) in [6.07, 6.45) is 4.61. The highest BCUT2D eigenvalue weighted by Crippen LogP contribution is 2.13. The zero-order valence-electron chi connectivity index (χ0n) is 19.4. The van der Waals surface area contributed by atoms with Crippen LogP contribution in [0.5, 0.6) is 5.75 Å². The Bertz CT molecular complexity index is 751. The van der Waals surface area contributed by atoms with Gasteiger partial charge in [-0.2, -0.15) is 0 Å². The highest BCUT2D eigenvalue weighted by atomic mass is 16.3. The van der Waals surface area contributed by atoms with E-state index in [1.165, 1.54) is 0 Å². The quantitative estimate of drug-likeness (QED) is 0.481. The van der Waals surface area contributed by atoms with Gasteiger partial charge in [-0.05, 0) is 56.3 Å². The molecule has 1 aromatic rings. The molecular formula is C24H38N4O4. The molecule has 0 spiro atoms. The molecule has 0 radical (unpaired) electrons. The van der Waals surface area contributed by atoms with Crippen molar-refractivity contribution in [3.63, 3.8) is 0 Å². The summed E-state index contributed by atoms with van der Waals surface area (Å²) in [6, 6.07) is 4.58. The van der Waals surface area contributed by atoms with Crippen LogP contribution in [0, 0.1) is 5.92 Å². The summed E-state index contributed by atoms with van der Waals surface area (Å²) in [5.41, 5.74) is 0.795. The van der Waals surface area contributed by atoms with Crippen molar-refractivity contribution in [3.8, 4) is 5.75 Å². The molecule has 178 valence electrons. The first-order valence-corrected chi connectivity index (χ1v) is 11.7. The Labute approximate surface area is 190 Å². The van der Waals surface area contributed by atoms with Gasteiger partial charge in [-0.15, -0.1) is 0 Å². The van der Waals surface area contributed by atoms with Crippen molar-refractivity contribution < 1.29 is 19.5 Å². The Morgan fingerprint density at radius 2 is 1.50 bits per heavy atom. The summed E-state index contributed by atoms with van der Waals surface area (Å²) in [7, 11) is 0. The standard InChI is InChI=1S/C24H38N4O4/c1-16(2)14-20-23(31)26-13-7-5-4-6-12-25-17(3)22(30)27-21(24(32)28-20)15-18-8-10-19(29)11-9-18/h8-11,16-17,20-21,25,29H,4-7,12-15H2,1-3H3,(H,26,31)(H,27,30)(H,28,32)/t17-,20+,21-/m1/s1. The fourth-order valence-electron chi connectivity index (χ4n) is 3.70. The first-order valence-electron chi connectivity index (χ1n) is 11.7. The number of amides is 3. The monoisotopic (exact) mass is 446 g/mol. The largest absolute Gasteiger partial charge is 0.508 e.